The van der Waals surface area contributed by atoms with E-state index in [-0.39, 0.29) is 5.41 Å². The number of aryl methyl sites for hydroxylation is 1. The minimum atomic E-state index is 0.117. The number of hydrogen-bond donors (Lipinski definition) is 2. The Morgan fingerprint density at radius 2 is 2.20 bits per heavy atom. The van der Waals surface area contributed by atoms with E-state index in [9.17, 15) is 0 Å². The van der Waals surface area contributed by atoms with Gasteiger partial charge in [-0.1, -0.05) is 38.2 Å². The van der Waals surface area contributed by atoms with E-state index in [0.717, 1.165) is 24.3 Å². The zero-order valence-corrected chi connectivity index (χ0v) is 13.5. The Labute approximate surface area is 126 Å². The van der Waals surface area contributed by atoms with Crippen LogP contribution in [0.5, 0.6) is 0 Å². The van der Waals surface area contributed by atoms with Gasteiger partial charge in [0, 0.05) is 29.3 Å². The molecule has 110 valence electrons. The van der Waals surface area contributed by atoms with E-state index in [1.165, 1.54) is 5.56 Å². The molecule has 1 aliphatic carbocycles. The largest absolute Gasteiger partial charge is 0.389 e. The summed E-state index contributed by atoms with van der Waals surface area (Å²) in [5.41, 5.74) is 9.11. The van der Waals surface area contributed by atoms with Crippen molar-refractivity contribution in [3.8, 4) is 0 Å². The van der Waals surface area contributed by atoms with Crippen LogP contribution in [0.2, 0.25) is 0 Å². The van der Waals surface area contributed by atoms with E-state index in [1.807, 2.05) is 19.1 Å². The highest BCUT2D eigenvalue weighted by molar-refractivity contribution is 7.80. The maximum absolute atomic E-state index is 5.83. The number of hydrogen-bond acceptors (Lipinski definition) is 3. The third-order valence-electron chi connectivity index (χ3n) is 4.40. The Morgan fingerprint density at radius 3 is 2.75 bits per heavy atom. The van der Waals surface area contributed by atoms with Gasteiger partial charge in [0.15, 0.2) is 0 Å². The molecule has 0 aromatic heterocycles. The van der Waals surface area contributed by atoms with Crippen LogP contribution >= 0.6 is 12.2 Å². The molecule has 1 saturated carbocycles. The highest BCUT2D eigenvalue weighted by Gasteiger charge is 2.49. The van der Waals surface area contributed by atoms with Crippen LogP contribution in [0, 0.1) is 12.3 Å². The van der Waals surface area contributed by atoms with Gasteiger partial charge in [-0.2, -0.15) is 0 Å². The standard InChI is InChI=1S/C16H24N2OS/c1-5-19-13-9-12(16(13,3)4)18-14-10(2)7-6-8-11(14)15(17)20/h6-8,12-13,18H,5,9H2,1-4H3,(H2,17,20). The Hall–Kier alpha value is -1.13. The van der Waals surface area contributed by atoms with E-state index in [1.54, 1.807) is 0 Å². The molecule has 0 bridgehead atoms. The number of thiocarbonyl (C=S) groups is 1. The first kappa shape index (κ1) is 15.3. The fourth-order valence-corrected chi connectivity index (χ4v) is 3.02. The van der Waals surface area contributed by atoms with Crippen LogP contribution in [0.15, 0.2) is 18.2 Å². The number of ether oxygens (including phenoxy) is 1. The van der Waals surface area contributed by atoms with Gasteiger partial charge >= 0.3 is 0 Å². The molecule has 0 spiro atoms. The summed E-state index contributed by atoms with van der Waals surface area (Å²) in [6.45, 7) is 9.38. The molecule has 0 saturated heterocycles. The summed E-state index contributed by atoms with van der Waals surface area (Å²) < 4.78 is 5.78. The highest BCUT2D eigenvalue weighted by atomic mass is 32.1. The summed E-state index contributed by atoms with van der Waals surface area (Å²) >= 11 is 5.15. The molecule has 2 rings (SSSR count). The normalized spacial score (nSPS) is 24.0. The average molecular weight is 292 g/mol. The van der Waals surface area contributed by atoms with Gasteiger partial charge in [-0.3, -0.25) is 0 Å². The van der Waals surface area contributed by atoms with Crippen LogP contribution in [-0.4, -0.2) is 23.7 Å². The number of para-hydroxylation sites is 1. The monoisotopic (exact) mass is 292 g/mol. The lowest BCUT2D eigenvalue weighted by Gasteiger charge is -2.52. The summed E-state index contributed by atoms with van der Waals surface area (Å²) in [7, 11) is 0. The van der Waals surface area contributed by atoms with Gasteiger partial charge in [0.2, 0.25) is 0 Å². The molecular weight excluding hydrogens is 268 g/mol. The third-order valence-corrected chi connectivity index (χ3v) is 4.62. The first-order valence-corrected chi connectivity index (χ1v) is 7.56. The lowest BCUT2D eigenvalue weighted by molar-refractivity contribution is -0.0976. The van der Waals surface area contributed by atoms with Crippen LogP contribution in [-0.2, 0) is 4.74 Å². The molecule has 1 aliphatic rings. The average Bonchev–Trinajstić information content (AvgIpc) is 2.39. The van der Waals surface area contributed by atoms with Crippen molar-refractivity contribution in [1.82, 2.24) is 0 Å². The number of nitrogens with one attached hydrogen (secondary N) is 1. The van der Waals surface area contributed by atoms with Crippen molar-refractivity contribution in [3.05, 3.63) is 29.3 Å². The SMILES string of the molecule is CCOC1CC(Nc2c(C)cccc2C(N)=S)C1(C)C. The molecule has 2 unspecified atom stereocenters. The Balaban J connectivity index is 2.18. The van der Waals surface area contributed by atoms with Crippen LogP contribution in [0.1, 0.15) is 38.3 Å². The zero-order chi connectivity index (χ0) is 14.9. The van der Waals surface area contributed by atoms with Gasteiger partial charge < -0.3 is 15.8 Å². The van der Waals surface area contributed by atoms with Crippen molar-refractivity contribution in [2.24, 2.45) is 11.1 Å². The minimum absolute atomic E-state index is 0.117. The summed E-state index contributed by atoms with van der Waals surface area (Å²) in [4.78, 5) is 0.440. The van der Waals surface area contributed by atoms with Crippen LogP contribution in [0.3, 0.4) is 0 Å². The van der Waals surface area contributed by atoms with Gasteiger partial charge in [0.1, 0.15) is 4.99 Å². The maximum atomic E-state index is 5.83. The predicted octanol–water partition coefficient (Wildman–Crippen LogP) is 3.24. The summed E-state index contributed by atoms with van der Waals surface area (Å²) in [6.07, 6.45) is 1.34. The second-order valence-electron chi connectivity index (χ2n) is 6.06. The Kier molecular flexibility index (Phi) is 4.35. The fraction of sp³-hybridized carbons (Fsp3) is 0.562. The van der Waals surface area contributed by atoms with Crippen LogP contribution in [0.4, 0.5) is 5.69 Å². The lowest BCUT2D eigenvalue weighted by atomic mass is 9.64. The Bertz CT molecular complexity index is 513. The molecule has 2 atom stereocenters. The van der Waals surface area contributed by atoms with Gasteiger partial charge in [0.05, 0.1) is 6.10 Å². The maximum Gasteiger partial charge on any atom is 0.106 e. The van der Waals surface area contributed by atoms with Gasteiger partial charge in [-0.05, 0) is 31.9 Å². The van der Waals surface area contributed by atoms with E-state index < -0.39 is 0 Å². The van der Waals surface area contributed by atoms with Crippen molar-refractivity contribution < 1.29 is 4.74 Å². The third kappa shape index (κ3) is 2.67. The van der Waals surface area contributed by atoms with Gasteiger partial charge in [-0.25, -0.2) is 0 Å². The number of nitrogens with two attached hydrogens (primary N) is 1. The first-order chi connectivity index (χ1) is 9.37. The molecule has 0 aliphatic heterocycles. The van der Waals surface area contributed by atoms with Crippen molar-refractivity contribution in [1.29, 1.82) is 0 Å². The molecule has 3 nitrogen and oxygen atoms in total. The number of anilines is 1. The summed E-state index contributed by atoms with van der Waals surface area (Å²) in [6, 6.07) is 6.43. The number of rotatable bonds is 5. The lowest BCUT2D eigenvalue weighted by Crippen LogP contribution is -2.58. The first-order valence-electron chi connectivity index (χ1n) is 7.15. The zero-order valence-electron chi connectivity index (χ0n) is 12.7. The highest BCUT2D eigenvalue weighted by Crippen LogP contribution is 2.45. The minimum Gasteiger partial charge on any atom is -0.389 e. The molecule has 1 aromatic carbocycles. The molecule has 0 radical (unpaired) electrons. The van der Waals surface area contributed by atoms with Gasteiger partial charge in [0.25, 0.3) is 0 Å². The quantitative estimate of drug-likeness (QED) is 0.818. The molecule has 20 heavy (non-hydrogen) atoms. The fourth-order valence-electron chi connectivity index (χ4n) is 2.85. The molecule has 0 amide bonds. The van der Waals surface area contributed by atoms with E-state index >= 15 is 0 Å². The predicted molar refractivity (Wildman–Crippen MR) is 88.3 cm³/mol. The molecule has 3 N–H and O–H groups in total. The second kappa shape index (κ2) is 5.70. The smallest absolute Gasteiger partial charge is 0.106 e. The van der Waals surface area contributed by atoms with Crippen molar-refractivity contribution in [2.75, 3.05) is 11.9 Å². The van der Waals surface area contributed by atoms with E-state index in [4.69, 9.17) is 22.7 Å². The van der Waals surface area contributed by atoms with Crippen LogP contribution < -0.4 is 11.1 Å². The Morgan fingerprint density at radius 1 is 1.50 bits per heavy atom. The molecular formula is C16H24N2OS. The topological polar surface area (TPSA) is 47.3 Å². The summed E-state index contributed by atoms with van der Waals surface area (Å²) in [5.74, 6) is 0. The molecule has 1 aromatic rings. The van der Waals surface area contributed by atoms with Gasteiger partial charge in [-0.15, -0.1) is 0 Å². The van der Waals surface area contributed by atoms with E-state index in [0.29, 0.717) is 17.1 Å². The van der Waals surface area contributed by atoms with E-state index in [2.05, 4.69) is 32.2 Å². The summed E-state index contributed by atoms with van der Waals surface area (Å²) in [5, 5.41) is 3.63. The van der Waals surface area contributed by atoms with Crippen LogP contribution in [0.25, 0.3) is 0 Å². The molecule has 0 heterocycles. The molecule has 4 heteroatoms. The van der Waals surface area contributed by atoms with Crippen molar-refractivity contribution in [2.45, 2.75) is 46.3 Å². The number of benzene rings is 1. The van der Waals surface area contributed by atoms with Crippen molar-refractivity contribution >= 4 is 22.9 Å². The molecule has 1 fully saturated rings. The second-order valence-corrected chi connectivity index (χ2v) is 6.50. The van der Waals surface area contributed by atoms with Crippen molar-refractivity contribution in [3.63, 3.8) is 0 Å².